The lowest BCUT2D eigenvalue weighted by atomic mass is 10.1. The normalized spacial score (nSPS) is 12.9. The Morgan fingerprint density at radius 3 is 2.81 bits per heavy atom. The number of hydrogen-bond donors (Lipinski definition) is 1. The van der Waals surface area contributed by atoms with Gasteiger partial charge in [0.15, 0.2) is 0 Å². The first-order valence-corrected chi connectivity index (χ1v) is 9.70. The number of fused-ring (bicyclic) bond motifs is 1. The summed E-state index contributed by atoms with van der Waals surface area (Å²) in [6.45, 7) is 1.38. The molecule has 0 atom stereocenters. The van der Waals surface area contributed by atoms with Gasteiger partial charge in [-0.05, 0) is 42.3 Å². The second-order valence-corrected chi connectivity index (χ2v) is 7.05. The molecule has 0 spiro atoms. The van der Waals surface area contributed by atoms with Crippen LogP contribution < -0.4 is 20.5 Å². The first-order valence-electron chi connectivity index (χ1n) is 9.70. The highest BCUT2D eigenvalue weighted by Crippen LogP contribution is 2.33. The predicted molar refractivity (Wildman–Crippen MR) is 109 cm³/mol. The standard InChI is InChI=1S/C22H17F3N4O3/c23-22(24,25)16-3-1-4-17(10-16)32-18-6-5-14(9-15(18)12-26)13-31-20-11-19-27-7-2-8-29(19)21(30)28-20/h1,3-6,9-11,27H,2,7-8,13H2. The van der Waals surface area contributed by atoms with E-state index in [0.29, 0.717) is 17.9 Å². The molecule has 7 nitrogen and oxygen atoms in total. The lowest BCUT2D eigenvalue weighted by Crippen LogP contribution is -2.30. The largest absolute Gasteiger partial charge is 0.473 e. The van der Waals surface area contributed by atoms with Crippen LogP contribution >= 0.6 is 0 Å². The van der Waals surface area contributed by atoms with Crippen molar-refractivity contribution in [2.75, 3.05) is 11.9 Å². The number of nitrogens with zero attached hydrogens (tertiary/aromatic N) is 3. The number of anilines is 1. The number of nitriles is 1. The molecule has 2 heterocycles. The van der Waals surface area contributed by atoms with Crippen molar-refractivity contribution < 1.29 is 22.6 Å². The zero-order chi connectivity index (χ0) is 22.7. The molecule has 0 saturated carbocycles. The van der Waals surface area contributed by atoms with Gasteiger partial charge in [0.25, 0.3) is 0 Å². The Morgan fingerprint density at radius 1 is 1.19 bits per heavy atom. The molecule has 1 N–H and O–H groups in total. The van der Waals surface area contributed by atoms with Crippen LogP contribution in [0.1, 0.15) is 23.1 Å². The Hall–Kier alpha value is -4.00. The molecule has 0 bridgehead atoms. The number of ether oxygens (including phenoxy) is 2. The smallest absolute Gasteiger partial charge is 0.416 e. The van der Waals surface area contributed by atoms with Gasteiger partial charge in [0.05, 0.1) is 11.1 Å². The highest BCUT2D eigenvalue weighted by atomic mass is 19.4. The van der Waals surface area contributed by atoms with Gasteiger partial charge in [-0.15, -0.1) is 0 Å². The number of alkyl halides is 3. The molecule has 32 heavy (non-hydrogen) atoms. The van der Waals surface area contributed by atoms with Crippen molar-refractivity contribution in [3.63, 3.8) is 0 Å². The van der Waals surface area contributed by atoms with E-state index in [9.17, 15) is 23.2 Å². The molecular weight excluding hydrogens is 425 g/mol. The van der Waals surface area contributed by atoms with E-state index < -0.39 is 17.4 Å². The molecule has 164 valence electrons. The quantitative estimate of drug-likeness (QED) is 0.633. The fraction of sp³-hybridized carbons (Fsp3) is 0.227. The highest BCUT2D eigenvalue weighted by molar-refractivity contribution is 5.48. The molecule has 3 aromatic rings. The minimum absolute atomic E-state index is 0.0356. The molecule has 0 fully saturated rings. The summed E-state index contributed by atoms with van der Waals surface area (Å²) in [5.74, 6) is 0.865. The summed E-state index contributed by atoms with van der Waals surface area (Å²) in [7, 11) is 0. The number of nitrogens with one attached hydrogen (secondary N) is 1. The van der Waals surface area contributed by atoms with Crippen LogP contribution in [0.2, 0.25) is 0 Å². The van der Waals surface area contributed by atoms with Crippen molar-refractivity contribution in [3.05, 3.63) is 75.7 Å². The maximum atomic E-state index is 12.9. The zero-order valence-corrected chi connectivity index (χ0v) is 16.6. The minimum Gasteiger partial charge on any atom is -0.473 e. The molecule has 1 aliphatic heterocycles. The lowest BCUT2D eigenvalue weighted by molar-refractivity contribution is -0.137. The van der Waals surface area contributed by atoms with Crippen molar-refractivity contribution in [3.8, 4) is 23.4 Å². The summed E-state index contributed by atoms with van der Waals surface area (Å²) < 4.78 is 51.3. The van der Waals surface area contributed by atoms with Crippen LogP contribution in [0.25, 0.3) is 0 Å². The van der Waals surface area contributed by atoms with E-state index in [2.05, 4.69) is 10.3 Å². The third kappa shape index (κ3) is 4.67. The minimum atomic E-state index is -4.50. The molecule has 0 aliphatic carbocycles. The van der Waals surface area contributed by atoms with Crippen molar-refractivity contribution in [2.24, 2.45) is 0 Å². The van der Waals surface area contributed by atoms with Gasteiger partial charge in [0.1, 0.15) is 30.0 Å². The third-order valence-corrected chi connectivity index (χ3v) is 4.79. The maximum Gasteiger partial charge on any atom is 0.416 e. The van der Waals surface area contributed by atoms with Gasteiger partial charge in [-0.1, -0.05) is 12.1 Å². The second-order valence-electron chi connectivity index (χ2n) is 7.05. The highest BCUT2D eigenvalue weighted by Gasteiger charge is 2.30. The molecule has 0 unspecified atom stereocenters. The van der Waals surface area contributed by atoms with E-state index in [1.54, 1.807) is 12.1 Å². The molecular formula is C22H17F3N4O3. The molecule has 4 rings (SSSR count). The number of rotatable bonds is 5. The van der Waals surface area contributed by atoms with Crippen molar-refractivity contribution in [1.29, 1.82) is 5.26 Å². The molecule has 10 heteroatoms. The Bertz CT molecular complexity index is 1250. The molecule has 2 aromatic carbocycles. The summed E-state index contributed by atoms with van der Waals surface area (Å²) in [5.41, 5.74) is -0.525. The summed E-state index contributed by atoms with van der Waals surface area (Å²) in [6.07, 6.45) is -3.66. The number of benzene rings is 2. The van der Waals surface area contributed by atoms with Gasteiger partial charge in [0.2, 0.25) is 5.88 Å². The summed E-state index contributed by atoms with van der Waals surface area (Å²) in [4.78, 5) is 16.0. The predicted octanol–water partition coefficient (Wildman–Crippen LogP) is 4.32. The first kappa shape index (κ1) is 21.2. The van der Waals surface area contributed by atoms with Crippen LogP contribution in [0, 0.1) is 11.3 Å². The monoisotopic (exact) mass is 442 g/mol. The van der Waals surface area contributed by atoms with Crippen LogP contribution in [0.3, 0.4) is 0 Å². The van der Waals surface area contributed by atoms with Gasteiger partial charge >= 0.3 is 11.9 Å². The fourth-order valence-electron chi connectivity index (χ4n) is 3.24. The van der Waals surface area contributed by atoms with E-state index in [1.165, 1.54) is 28.8 Å². The van der Waals surface area contributed by atoms with Crippen LogP contribution in [0.5, 0.6) is 17.4 Å². The second kappa shape index (κ2) is 8.63. The van der Waals surface area contributed by atoms with E-state index in [-0.39, 0.29) is 29.5 Å². The van der Waals surface area contributed by atoms with Crippen LogP contribution in [-0.4, -0.2) is 16.1 Å². The Balaban J connectivity index is 1.49. The maximum absolute atomic E-state index is 12.9. The third-order valence-electron chi connectivity index (χ3n) is 4.79. The van der Waals surface area contributed by atoms with Crippen LogP contribution in [0.15, 0.2) is 53.3 Å². The number of aromatic nitrogens is 2. The molecule has 0 amide bonds. The summed E-state index contributed by atoms with van der Waals surface area (Å²) in [5, 5.41) is 12.6. The average molecular weight is 442 g/mol. The van der Waals surface area contributed by atoms with Crippen LogP contribution in [-0.2, 0) is 19.3 Å². The van der Waals surface area contributed by atoms with Gasteiger partial charge in [-0.3, -0.25) is 4.57 Å². The Labute approximate surface area is 180 Å². The average Bonchev–Trinajstić information content (AvgIpc) is 2.78. The lowest BCUT2D eigenvalue weighted by Gasteiger charge is -2.19. The summed E-state index contributed by atoms with van der Waals surface area (Å²) in [6, 6.07) is 12.6. The number of halogens is 3. The Morgan fingerprint density at radius 2 is 2.03 bits per heavy atom. The van der Waals surface area contributed by atoms with Crippen molar-refractivity contribution >= 4 is 5.82 Å². The van der Waals surface area contributed by atoms with E-state index >= 15 is 0 Å². The van der Waals surface area contributed by atoms with Gasteiger partial charge in [-0.25, -0.2) is 4.79 Å². The number of hydrogen-bond acceptors (Lipinski definition) is 6. The van der Waals surface area contributed by atoms with Gasteiger partial charge in [-0.2, -0.15) is 23.4 Å². The van der Waals surface area contributed by atoms with E-state index in [4.69, 9.17) is 9.47 Å². The Kier molecular flexibility index (Phi) is 5.73. The van der Waals surface area contributed by atoms with Crippen molar-refractivity contribution in [1.82, 2.24) is 9.55 Å². The molecule has 1 aliphatic rings. The molecule has 0 saturated heterocycles. The van der Waals surface area contributed by atoms with Gasteiger partial charge < -0.3 is 14.8 Å². The van der Waals surface area contributed by atoms with Crippen molar-refractivity contribution in [2.45, 2.75) is 25.7 Å². The SMILES string of the molecule is N#Cc1cc(COc2cc3n(c(=O)n2)CCCN3)ccc1Oc1cccc(C(F)(F)F)c1. The molecule has 1 aromatic heterocycles. The zero-order valence-electron chi connectivity index (χ0n) is 16.6. The summed E-state index contributed by atoms with van der Waals surface area (Å²) >= 11 is 0. The first-order chi connectivity index (χ1) is 15.3. The van der Waals surface area contributed by atoms with Crippen LogP contribution in [0.4, 0.5) is 19.0 Å². The topological polar surface area (TPSA) is 89.2 Å². The molecule has 0 radical (unpaired) electrons. The fourth-order valence-corrected chi connectivity index (χ4v) is 3.24. The van der Waals surface area contributed by atoms with E-state index in [1.807, 2.05) is 6.07 Å². The van der Waals surface area contributed by atoms with Gasteiger partial charge in [0, 0.05) is 19.2 Å². The van der Waals surface area contributed by atoms with E-state index in [0.717, 1.165) is 25.1 Å².